The van der Waals surface area contributed by atoms with Gasteiger partial charge < -0.3 is 15.1 Å². The average Bonchev–Trinajstić information content (AvgIpc) is 2.80. The molecule has 5 nitrogen and oxygen atoms in total. The van der Waals surface area contributed by atoms with E-state index in [4.69, 9.17) is 11.6 Å². The molecular formula is C17H24ClN3O2. The van der Waals surface area contributed by atoms with Gasteiger partial charge in [-0.3, -0.25) is 4.79 Å². The highest BCUT2D eigenvalue weighted by Crippen LogP contribution is 2.16. The van der Waals surface area contributed by atoms with Gasteiger partial charge in [0.25, 0.3) is 0 Å². The van der Waals surface area contributed by atoms with Gasteiger partial charge in [0.2, 0.25) is 5.91 Å². The van der Waals surface area contributed by atoms with Crippen LogP contribution in [0.25, 0.3) is 0 Å². The Bertz CT molecular complexity index is 563. The van der Waals surface area contributed by atoms with Crippen molar-refractivity contribution in [3.05, 3.63) is 34.9 Å². The summed E-state index contributed by atoms with van der Waals surface area (Å²) < 4.78 is 0. The molecule has 2 rings (SSSR count). The van der Waals surface area contributed by atoms with E-state index in [1.165, 1.54) is 0 Å². The Kier molecular flexibility index (Phi) is 6.28. The fourth-order valence-corrected chi connectivity index (χ4v) is 2.72. The standard InChI is InChI=1S/C17H24ClN3O2/c1-13(2)6-7-19-16(22)12-21-9-8-20(17(21)23)11-14-4-3-5-15(18)10-14/h3-5,10,13H,6-9,11-12H2,1-2H3,(H,19,22). The van der Waals surface area contributed by atoms with Gasteiger partial charge in [0.1, 0.15) is 6.54 Å². The first-order chi connectivity index (χ1) is 11.0. The largest absolute Gasteiger partial charge is 0.355 e. The van der Waals surface area contributed by atoms with Crippen molar-refractivity contribution < 1.29 is 9.59 Å². The van der Waals surface area contributed by atoms with E-state index in [1.54, 1.807) is 9.80 Å². The van der Waals surface area contributed by atoms with Crippen LogP contribution in [0.15, 0.2) is 24.3 Å². The van der Waals surface area contributed by atoms with Crippen molar-refractivity contribution in [2.45, 2.75) is 26.8 Å². The van der Waals surface area contributed by atoms with Crippen molar-refractivity contribution in [2.24, 2.45) is 5.92 Å². The molecule has 0 saturated carbocycles. The average molecular weight is 338 g/mol. The van der Waals surface area contributed by atoms with E-state index in [-0.39, 0.29) is 18.5 Å². The summed E-state index contributed by atoms with van der Waals surface area (Å²) in [5, 5.41) is 3.53. The predicted octanol–water partition coefficient (Wildman–Crippen LogP) is 2.74. The Morgan fingerprint density at radius 1 is 1.30 bits per heavy atom. The normalized spacial score (nSPS) is 14.7. The molecular weight excluding hydrogens is 314 g/mol. The van der Waals surface area contributed by atoms with Crippen molar-refractivity contribution in [2.75, 3.05) is 26.2 Å². The molecule has 1 saturated heterocycles. The molecule has 1 N–H and O–H groups in total. The summed E-state index contributed by atoms with van der Waals surface area (Å²) in [6.45, 7) is 6.74. The third-order valence-electron chi connectivity index (χ3n) is 3.82. The van der Waals surface area contributed by atoms with E-state index in [0.717, 1.165) is 12.0 Å². The minimum atomic E-state index is -0.0939. The van der Waals surface area contributed by atoms with Crippen LogP contribution in [0, 0.1) is 5.92 Å². The molecule has 0 unspecified atom stereocenters. The minimum Gasteiger partial charge on any atom is -0.355 e. The number of nitrogens with one attached hydrogen (secondary N) is 1. The van der Waals surface area contributed by atoms with E-state index in [9.17, 15) is 9.59 Å². The van der Waals surface area contributed by atoms with Crippen molar-refractivity contribution in [3.63, 3.8) is 0 Å². The summed E-state index contributed by atoms with van der Waals surface area (Å²) in [4.78, 5) is 27.6. The zero-order valence-corrected chi connectivity index (χ0v) is 14.5. The quantitative estimate of drug-likeness (QED) is 0.831. The molecule has 3 amide bonds. The first-order valence-electron chi connectivity index (χ1n) is 8.00. The molecule has 126 valence electrons. The van der Waals surface area contributed by atoms with E-state index >= 15 is 0 Å². The van der Waals surface area contributed by atoms with Crippen LogP contribution in [-0.4, -0.2) is 47.9 Å². The Morgan fingerprint density at radius 2 is 2.04 bits per heavy atom. The molecule has 1 aromatic carbocycles. The van der Waals surface area contributed by atoms with Gasteiger partial charge in [-0.1, -0.05) is 37.6 Å². The van der Waals surface area contributed by atoms with Crippen LogP contribution in [-0.2, 0) is 11.3 Å². The number of urea groups is 1. The second-order valence-electron chi connectivity index (χ2n) is 6.29. The third-order valence-corrected chi connectivity index (χ3v) is 4.06. The van der Waals surface area contributed by atoms with E-state index < -0.39 is 0 Å². The van der Waals surface area contributed by atoms with E-state index in [2.05, 4.69) is 19.2 Å². The van der Waals surface area contributed by atoms with E-state index in [1.807, 2.05) is 24.3 Å². The first-order valence-corrected chi connectivity index (χ1v) is 8.38. The molecule has 0 radical (unpaired) electrons. The molecule has 1 fully saturated rings. The lowest BCUT2D eigenvalue weighted by molar-refractivity contribution is -0.121. The van der Waals surface area contributed by atoms with Crippen molar-refractivity contribution in [1.29, 1.82) is 0 Å². The molecule has 0 spiro atoms. The topological polar surface area (TPSA) is 52.7 Å². The summed E-state index contributed by atoms with van der Waals surface area (Å²) >= 11 is 5.97. The first kappa shape index (κ1) is 17.6. The predicted molar refractivity (Wildman–Crippen MR) is 91.3 cm³/mol. The molecule has 0 bridgehead atoms. The zero-order chi connectivity index (χ0) is 16.8. The van der Waals surface area contributed by atoms with Gasteiger partial charge in [0.15, 0.2) is 0 Å². The van der Waals surface area contributed by atoms with Gasteiger partial charge in [0.05, 0.1) is 0 Å². The molecule has 6 heteroatoms. The number of rotatable bonds is 7. The minimum absolute atomic E-state index is 0.0935. The Morgan fingerprint density at radius 3 is 2.74 bits per heavy atom. The lowest BCUT2D eigenvalue weighted by atomic mass is 10.1. The van der Waals surface area contributed by atoms with Crippen LogP contribution in [0.2, 0.25) is 5.02 Å². The smallest absolute Gasteiger partial charge is 0.320 e. The van der Waals surface area contributed by atoms with Crippen LogP contribution in [0.5, 0.6) is 0 Å². The van der Waals surface area contributed by atoms with Gasteiger partial charge in [-0.25, -0.2) is 4.79 Å². The van der Waals surface area contributed by atoms with Crippen molar-refractivity contribution in [1.82, 2.24) is 15.1 Å². The second kappa shape index (κ2) is 8.20. The lowest BCUT2D eigenvalue weighted by Crippen LogP contribution is -2.40. The zero-order valence-electron chi connectivity index (χ0n) is 13.7. The molecule has 0 atom stereocenters. The fourth-order valence-electron chi connectivity index (χ4n) is 2.51. The third kappa shape index (κ3) is 5.43. The number of nitrogens with zero attached hydrogens (tertiary/aromatic N) is 2. The highest BCUT2D eigenvalue weighted by atomic mass is 35.5. The Labute approximate surface area is 142 Å². The van der Waals surface area contributed by atoms with Crippen LogP contribution in [0.1, 0.15) is 25.8 Å². The SMILES string of the molecule is CC(C)CCNC(=O)CN1CCN(Cc2cccc(Cl)c2)C1=O. The lowest BCUT2D eigenvalue weighted by Gasteiger charge is -2.18. The number of halogens is 1. The number of carbonyl (C=O) groups is 2. The number of hydrogen-bond donors (Lipinski definition) is 1. The molecule has 1 heterocycles. The molecule has 1 aliphatic rings. The molecule has 1 aromatic rings. The number of hydrogen-bond acceptors (Lipinski definition) is 2. The summed E-state index contributed by atoms with van der Waals surface area (Å²) in [5.74, 6) is 0.459. The number of carbonyl (C=O) groups excluding carboxylic acids is 2. The number of benzene rings is 1. The van der Waals surface area contributed by atoms with Gasteiger partial charge >= 0.3 is 6.03 Å². The van der Waals surface area contributed by atoms with Gasteiger partial charge in [0, 0.05) is 31.2 Å². The van der Waals surface area contributed by atoms with Crippen LogP contribution < -0.4 is 5.32 Å². The number of amides is 3. The molecule has 1 aliphatic heterocycles. The summed E-state index contributed by atoms with van der Waals surface area (Å²) in [7, 11) is 0. The maximum Gasteiger partial charge on any atom is 0.320 e. The van der Waals surface area contributed by atoms with E-state index in [0.29, 0.717) is 37.1 Å². The Hall–Kier alpha value is -1.75. The monoisotopic (exact) mass is 337 g/mol. The van der Waals surface area contributed by atoms with Crippen molar-refractivity contribution in [3.8, 4) is 0 Å². The summed E-state index contributed by atoms with van der Waals surface area (Å²) in [6.07, 6.45) is 0.945. The van der Waals surface area contributed by atoms with Crippen LogP contribution >= 0.6 is 11.6 Å². The van der Waals surface area contributed by atoms with Crippen molar-refractivity contribution >= 4 is 23.5 Å². The molecule has 0 aromatic heterocycles. The fraction of sp³-hybridized carbons (Fsp3) is 0.529. The maximum atomic E-state index is 12.4. The molecule has 0 aliphatic carbocycles. The summed E-state index contributed by atoms with van der Waals surface area (Å²) in [5.41, 5.74) is 0.995. The van der Waals surface area contributed by atoms with Gasteiger partial charge in [-0.15, -0.1) is 0 Å². The Balaban J connectivity index is 1.80. The maximum absolute atomic E-state index is 12.4. The van der Waals surface area contributed by atoms with Crippen LogP contribution in [0.3, 0.4) is 0 Å². The summed E-state index contributed by atoms with van der Waals surface area (Å²) in [6, 6.07) is 7.39. The highest BCUT2D eigenvalue weighted by Gasteiger charge is 2.29. The molecule has 23 heavy (non-hydrogen) atoms. The van der Waals surface area contributed by atoms with Crippen LogP contribution in [0.4, 0.5) is 4.79 Å². The van der Waals surface area contributed by atoms with Gasteiger partial charge in [-0.2, -0.15) is 0 Å². The second-order valence-corrected chi connectivity index (χ2v) is 6.72. The highest BCUT2D eigenvalue weighted by molar-refractivity contribution is 6.30. The van der Waals surface area contributed by atoms with Gasteiger partial charge in [-0.05, 0) is 30.0 Å².